The molecule has 0 aliphatic carbocycles. The molecule has 1 aromatic heterocycles. The number of hydrogen-bond acceptors (Lipinski definition) is 4. The highest BCUT2D eigenvalue weighted by Crippen LogP contribution is 2.34. The summed E-state index contributed by atoms with van der Waals surface area (Å²) in [6.45, 7) is 1.66. The Morgan fingerprint density at radius 2 is 1.32 bits per heavy atom. The van der Waals surface area contributed by atoms with Gasteiger partial charge < -0.3 is 0 Å². The number of alkyl halides is 6. The van der Waals surface area contributed by atoms with Crippen molar-refractivity contribution < 1.29 is 34.8 Å². The first-order valence-corrected chi connectivity index (χ1v) is 7.90. The molecule has 136 valence electrons. The molecular formula is C13H9F6N3O2S. The van der Waals surface area contributed by atoms with Gasteiger partial charge in [-0.3, -0.25) is 0 Å². The summed E-state index contributed by atoms with van der Waals surface area (Å²) < 4.78 is 102. The first-order chi connectivity index (χ1) is 11.3. The number of sulfonamides is 1. The Balaban J connectivity index is 2.49. The smallest absolute Gasteiger partial charge is 0.247 e. The van der Waals surface area contributed by atoms with Crippen molar-refractivity contribution in [1.29, 1.82) is 0 Å². The van der Waals surface area contributed by atoms with Crippen LogP contribution in [0.4, 0.5) is 32.3 Å². The highest BCUT2D eigenvalue weighted by atomic mass is 32.2. The molecule has 0 fully saturated rings. The molecule has 0 bridgehead atoms. The second kappa shape index (κ2) is 6.17. The van der Waals surface area contributed by atoms with E-state index < -0.39 is 39.7 Å². The van der Waals surface area contributed by atoms with E-state index >= 15 is 0 Å². The molecule has 2 rings (SSSR count). The van der Waals surface area contributed by atoms with E-state index in [1.165, 1.54) is 16.9 Å². The molecule has 0 aliphatic heterocycles. The van der Waals surface area contributed by atoms with Crippen molar-refractivity contribution in [1.82, 2.24) is 9.97 Å². The lowest BCUT2D eigenvalue weighted by molar-refractivity contribution is -0.147. The first kappa shape index (κ1) is 19.0. The van der Waals surface area contributed by atoms with Gasteiger partial charge in [-0.15, -0.1) is 0 Å². The largest absolute Gasteiger partial charge is 0.433 e. The highest BCUT2D eigenvalue weighted by Gasteiger charge is 2.40. The number of anilines is 1. The van der Waals surface area contributed by atoms with Crippen LogP contribution in [-0.4, -0.2) is 18.4 Å². The average Bonchev–Trinajstić information content (AvgIpc) is 2.45. The fraction of sp³-hybridized carbons (Fsp3) is 0.231. The summed E-state index contributed by atoms with van der Waals surface area (Å²) in [4.78, 5) is 5.27. The van der Waals surface area contributed by atoms with Crippen molar-refractivity contribution >= 4 is 16.0 Å². The summed E-state index contributed by atoms with van der Waals surface area (Å²) in [5, 5.41) is 0. The van der Waals surface area contributed by atoms with Gasteiger partial charge in [-0.1, -0.05) is 17.7 Å². The van der Waals surface area contributed by atoms with E-state index in [-0.39, 0.29) is 11.0 Å². The molecule has 1 heterocycles. The minimum Gasteiger partial charge on any atom is -0.247 e. The summed E-state index contributed by atoms with van der Waals surface area (Å²) in [6, 6.07) is 4.78. The summed E-state index contributed by atoms with van der Waals surface area (Å²) in [5.41, 5.74) is -3.14. The summed E-state index contributed by atoms with van der Waals surface area (Å²) in [6.07, 6.45) is -10.4. The molecule has 0 spiro atoms. The van der Waals surface area contributed by atoms with Gasteiger partial charge in [0.25, 0.3) is 10.0 Å². The van der Waals surface area contributed by atoms with E-state index in [1.807, 2.05) is 0 Å². The Morgan fingerprint density at radius 3 is 1.72 bits per heavy atom. The fourth-order valence-corrected chi connectivity index (χ4v) is 2.62. The second-order valence-electron chi connectivity index (χ2n) is 4.88. The molecule has 0 saturated heterocycles. The maximum atomic E-state index is 12.7. The Kier molecular flexibility index (Phi) is 4.68. The van der Waals surface area contributed by atoms with Crippen LogP contribution < -0.4 is 4.72 Å². The standard InChI is InChI=1S/C13H9F6N3O2S/c1-7-2-4-8(5-3-7)25(23,24)22-11-20-9(12(14,15)16)6-10(21-11)13(17,18)19/h2-6H,1H3,(H,20,21,22). The lowest BCUT2D eigenvalue weighted by Gasteiger charge is -2.13. The van der Waals surface area contributed by atoms with Gasteiger partial charge in [-0.2, -0.15) is 26.3 Å². The lowest BCUT2D eigenvalue weighted by Crippen LogP contribution is -2.20. The van der Waals surface area contributed by atoms with Crippen LogP contribution in [-0.2, 0) is 22.4 Å². The number of nitrogens with zero attached hydrogens (tertiary/aromatic N) is 2. The predicted octanol–water partition coefficient (Wildman–Crippen LogP) is 3.62. The van der Waals surface area contributed by atoms with E-state index in [2.05, 4.69) is 9.97 Å². The van der Waals surface area contributed by atoms with E-state index in [9.17, 15) is 34.8 Å². The molecule has 5 nitrogen and oxygen atoms in total. The third-order valence-electron chi connectivity index (χ3n) is 2.86. The maximum Gasteiger partial charge on any atom is 0.433 e. The van der Waals surface area contributed by atoms with E-state index in [1.54, 1.807) is 6.92 Å². The zero-order valence-electron chi connectivity index (χ0n) is 12.3. The summed E-state index contributed by atoms with van der Waals surface area (Å²) in [7, 11) is -4.46. The van der Waals surface area contributed by atoms with Crippen LogP contribution in [0, 0.1) is 6.92 Å². The minimum absolute atomic E-state index is 0.302. The molecule has 0 amide bonds. The minimum atomic E-state index is -5.22. The molecule has 0 atom stereocenters. The molecule has 0 aliphatic rings. The zero-order chi connectivity index (χ0) is 19.0. The molecule has 0 saturated carbocycles. The van der Waals surface area contributed by atoms with Crippen LogP contribution in [0.3, 0.4) is 0 Å². The molecule has 25 heavy (non-hydrogen) atoms. The van der Waals surface area contributed by atoms with Crippen molar-refractivity contribution in [3.8, 4) is 0 Å². The second-order valence-corrected chi connectivity index (χ2v) is 6.56. The molecule has 0 unspecified atom stereocenters. The number of nitrogens with one attached hydrogen (secondary N) is 1. The van der Waals surface area contributed by atoms with Crippen LogP contribution in [0.25, 0.3) is 0 Å². The van der Waals surface area contributed by atoms with Crippen LogP contribution >= 0.6 is 0 Å². The van der Waals surface area contributed by atoms with Gasteiger partial charge in [0.1, 0.15) is 0 Å². The molecule has 1 N–H and O–H groups in total. The summed E-state index contributed by atoms with van der Waals surface area (Å²) in [5.74, 6) is -1.33. The van der Waals surface area contributed by atoms with E-state index in [0.717, 1.165) is 12.1 Å². The third-order valence-corrected chi connectivity index (χ3v) is 4.21. The van der Waals surface area contributed by atoms with Gasteiger partial charge in [-0.05, 0) is 25.1 Å². The third kappa shape index (κ3) is 4.59. The van der Waals surface area contributed by atoms with Crippen LogP contribution in [0.1, 0.15) is 17.0 Å². The van der Waals surface area contributed by atoms with Crippen molar-refractivity contribution in [2.75, 3.05) is 4.72 Å². The van der Waals surface area contributed by atoms with Crippen molar-refractivity contribution in [2.24, 2.45) is 0 Å². The monoisotopic (exact) mass is 385 g/mol. The van der Waals surface area contributed by atoms with Crippen LogP contribution in [0.15, 0.2) is 35.2 Å². The SMILES string of the molecule is Cc1ccc(S(=O)(=O)Nc2nc(C(F)(F)F)cc(C(F)(F)F)n2)cc1. The van der Waals surface area contributed by atoms with Gasteiger partial charge in [0.15, 0.2) is 11.4 Å². The molecule has 12 heteroatoms. The quantitative estimate of drug-likeness (QED) is 0.820. The van der Waals surface area contributed by atoms with Gasteiger partial charge in [0, 0.05) is 0 Å². The summed E-state index contributed by atoms with van der Waals surface area (Å²) >= 11 is 0. The van der Waals surface area contributed by atoms with Gasteiger partial charge in [-0.25, -0.2) is 23.1 Å². The number of aromatic nitrogens is 2. The lowest BCUT2D eigenvalue weighted by atomic mass is 10.2. The molecule has 2 aromatic rings. The fourth-order valence-electron chi connectivity index (χ4n) is 1.68. The van der Waals surface area contributed by atoms with Gasteiger partial charge >= 0.3 is 12.4 Å². The normalized spacial score (nSPS) is 12.9. The Bertz CT molecular complexity index is 844. The van der Waals surface area contributed by atoms with Gasteiger partial charge in [0.2, 0.25) is 5.95 Å². The first-order valence-electron chi connectivity index (χ1n) is 6.42. The number of halogens is 6. The topological polar surface area (TPSA) is 72.0 Å². The zero-order valence-corrected chi connectivity index (χ0v) is 13.1. The highest BCUT2D eigenvalue weighted by molar-refractivity contribution is 7.92. The Labute approximate surface area is 137 Å². The molecule has 0 radical (unpaired) electrons. The van der Waals surface area contributed by atoms with Crippen molar-refractivity contribution in [2.45, 2.75) is 24.2 Å². The van der Waals surface area contributed by atoms with Crippen molar-refractivity contribution in [3.05, 3.63) is 47.3 Å². The predicted molar refractivity (Wildman–Crippen MR) is 74.0 cm³/mol. The van der Waals surface area contributed by atoms with Crippen LogP contribution in [0.2, 0.25) is 0 Å². The molecule has 1 aromatic carbocycles. The van der Waals surface area contributed by atoms with E-state index in [4.69, 9.17) is 0 Å². The van der Waals surface area contributed by atoms with E-state index in [0.29, 0.717) is 5.56 Å². The maximum absolute atomic E-state index is 12.7. The van der Waals surface area contributed by atoms with Crippen LogP contribution in [0.5, 0.6) is 0 Å². The average molecular weight is 385 g/mol. The number of benzene rings is 1. The Morgan fingerprint density at radius 1 is 0.880 bits per heavy atom. The number of rotatable bonds is 3. The number of hydrogen-bond donors (Lipinski definition) is 1. The molecular weight excluding hydrogens is 376 g/mol. The Hall–Kier alpha value is -2.37. The number of aryl methyl sites for hydroxylation is 1. The van der Waals surface area contributed by atoms with Gasteiger partial charge in [0.05, 0.1) is 4.90 Å². The van der Waals surface area contributed by atoms with Crippen molar-refractivity contribution in [3.63, 3.8) is 0 Å².